The van der Waals surface area contributed by atoms with E-state index in [-0.39, 0.29) is 5.69 Å². The average Bonchev–Trinajstić information content (AvgIpc) is 2.52. The monoisotopic (exact) mass is 281 g/mol. The Labute approximate surface area is 123 Å². The Morgan fingerprint density at radius 3 is 2.48 bits per heavy atom. The number of hydrogen-bond acceptors (Lipinski definition) is 4. The van der Waals surface area contributed by atoms with Gasteiger partial charge in [-0.15, -0.1) is 0 Å². The van der Waals surface area contributed by atoms with Crippen LogP contribution in [0.2, 0.25) is 0 Å². The molecule has 0 bridgehead atoms. The van der Waals surface area contributed by atoms with E-state index in [0.29, 0.717) is 5.56 Å². The molecule has 5 nitrogen and oxygen atoms in total. The zero-order valence-corrected chi connectivity index (χ0v) is 11.7. The minimum Gasteiger partial charge on any atom is -0.373 e. The lowest BCUT2D eigenvalue weighted by Crippen LogP contribution is -2.21. The molecule has 21 heavy (non-hydrogen) atoms. The molecule has 0 atom stereocenters. The Kier molecular flexibility index (Phi) is 4.52. The van der Waals surface area contributed by atoms with Gasteiger partial charge < -0.3 is 4.90 Å². The van der Waals surface area contributed by atoms with E-state index in [1.165, 1.54) is 12.1 Å². The van der Waals surface area contributed by atoms with Crippen molar-refractivity contribution in [3.05, 3.63) is 69.8 Å². The fourth-order valence-corrected chi connectivity index (χ4v) is 2.10. The van der Waals surface area contributed by atoms with Crippen molar-refractivity contribution in [3.8, 4) is 6.07 Å². The van der Waals surface area contributed by atoms with Crippen molar-refractivity contribution in [1.29, 1.82) is 5.26 Å². The summed E-state index contributed by atoms with van der Waals surface area (Å²) in [5.41, 5.74) is 2.66. The molecule has 0 aliphatic rings. The molecule has 5 heteroatoms. The van der Waals surface area contributed by atoms with Gasteiger partial charge in [-0.05, 0) is 24.1 Å². The first-order chi connectivity index (χ1) is 10.1. The third-order valence-corrected chi connectivity index (χ3v) is 3.32. The predicted molar refractivity (Wildman–Crippen MR) is 81.2 cm³/mol. The first-order valence-electron chi connectivity index (χ1n) is 6.55. The number of nitro benzene ring substituents is 1. The first kappa shape index (κ1) is 14.5. The van der Waals surface area contributed by atoms with Crippen LogP contribution in [0.15, 0.2) is 48.5 Å². The summed E-state index contributed by atoms with van der Waals surface area (Å²) in [7, 11) is 1.93. The molecular weight excluding hydrogens is 266 g/mol. The summed E-state index contributed by atoms with van der Waals surface area (Å²) < 4.78 is 0. The van der Waals surface area contributed by atoms with Crippen LogP contribution in [0.5, 0.6) is 0 Å². The number of para-hydroxylation sites is 1. The summed E-state index contributed by atoms with van der Waals surface area (Å²) in [6.45, 7) is 0.733. The number of likely N-dealkylation sites (N-methyl/N-ethyl adjacent to an activating group) is 1. The molecule has 2 aromatic rings. The Morgan fingerprint density at radius 2 is 1.86 bits per heavy atom. The quantitative estimate of drug-likeness (QED) is 0.623. The highest BCUT2D eigenvalue weighted by Gasteiger charge is 2.08. The van der Waals surface area contributed by atoms with Crippen LogP contribution in [-0.4, -0.2) is 18.5 Å². The maximum Gasteiger partial charge on any atom is 0.269 e. The van der Waals surface area contributed by atoms with E-state index in [9.17, 15) is 10.1 Å². The average molecular weight is 281 g/mol. The van der Waals surface area contributed by atoms with Gasteiger partial charge in [0.2, 0.25) is 0 Å². The fraction of sp³-hybridized carbons (Fsp3) is 0.188. The Bertz CT molecular complexity index is 675. The van der Waals surface area contributed by atoms with Crippen molar-refractivity contribution in [2.75, 3.05) is 18.5 Å². The Hall–Kier alpha value is -2.87. The van der Waals surface area contributed by atoms with Gasteiger partial charge in [-0.1, -0.05) is 24.3 Å². The summed E-state index contributed by atoms with van der Waals surface area (Å²) >= 11 is 0. The van der Waals surface area contributed by atoms with Crippen LogP contribution in [0.25, 0.3) is 0 Å². The lowest BCUT2D eigenvalue weighted by atomic mass is 10.1. The summed E-state index contributed by atoms with van der Waals surface area (Å²) in [6, 6.07) is 16.2. The summed E-state index contributed by atoms with van der Waals surface area (Å²) in [5.74, 6) is 0. The molecule has 0 amide bonds. The van der Waals surface area contributed by atoms with E-state index < -0.39 is 4.92 Å². The summed E-state index contributed by atoms with van der Waals surface area (Å²) in [4.78, 5) is 12.2. The minimum atomic E-state index is -0.404. The van der Waals surface area contributed by atoms with Gasteiger partial charge in [-0.3, -0.25) is 10.1 Å². The SMILES string of the molecule is CN(CCc1ccc([N+](=O)[O-])cc1)c1ccccc1C#N. The van der Waals surface area contributed by atoms with Crippen molar-refractivity contribution in [3.63, 3.8) is 0 Å². The van der Waals surface area contributed by atoms with E-state index in [0.717, 1.165) is 24.2 Å². The highest BCUT2D eigenvalue weighted by Crippen LogP contribution is 2.19. The zero-order valence-electron chi connectivity index (χ0n) is 11.7. The second kappa shape index (κ2) is 6.53. The zero-order chi connectivity index (χ0) is 15.2. The van der Waals surface area contributed by atoms with Gasteiger partial charge in [-0.2, -0.15) is 5.26 Å². The summed E-state index contributed by atoms with van der Waals surface area (Å²) in [5, 5.41) is 19.7. The molecule has 0 heterocycles. The molecule has 106 valence electrons. The molecular formula is C16H15N3O2. The lowest BCUT2D eigenvalue weighted by molar-refractivity contribution is -0.384. The molecule has 0 spiro atoms. The van der Waals surface area contributed by atoms with Crippen LogP contribution in [0, 0.1) is 21.4 Å². The largest absolute Gasteiger partial charge is 0.373 e. The van der Waals surface area contributed by atoms with E-state index in [1.54, 1.807) is 18.2 Å². The third-order valence-electron chi connectivity index (χ3n) is 3.32. The van der Waals surface area contributed by atoms with Crippen LogP contribution in [-0.2, 0) is 6.42 Å². The molecule has 2 rings (SSSR count). The standard InChI is InChI=1S/C16H15N3O2/c1-18(16-5-3-2-4-14(16)12-17)11-10-13-6-8-15(9-7-13)19(20)21/h2-9H,10-11H2,1H3. The van der Waals surface area contributed by atoms with Crippen LogP contribution >= 0.6 is 0 Å². The van der Waals surface area contributed by atoms with E-state index in [1.807, 2.05) is 30.1 Å². The van der Waals surface area contributed by atoms with Crippen LogP contribution in [0.4, 0.5) is 11.4 Å². The molecule has 2 aromatic carbocycles. The Balaban J connectivity index is 2.02. The van der Waals surface area contributed by atoms with Gasteiger partial charge in [-0.25, -0.2) is 0 Å². The number of nitro groups is 1. The number of benzene rings is 2. The normalized spacial score (nSPS) is 9.90. The van der Waals surface area contributed by atoms with Crippen molar-refractivity contribution in [2.24, 2.45) is 0 Å². The smallest absolute Gasteiger partial charge is 0.269 e. The van der Waals surface area contributed by atoms with Crippen LogP contribution in [0.1, 0.15) is 11.1 Å². The number of anilines is 1. The van der Waals surface area contributed by atoms with Crippen molar-refractivity contribution in [2.45, 2.75) is 6.42 Å². The molecule has 0 aromatic heterocycles. The van der Waals surface area contributed by atoms with Crippen molar-refractivity contribution >= 4 is 11.4 Å². The lowest BCUT2D eigenvalue weighted by Gasteiger charge is -2.20. The molecule has 0 radical (unpaired) electrons. The molecule has 0 saturated heterocycles. The van der Waals surface area contributed by atoms with E-state index in [2.05, 4.69) is 6.07 Å². The summed E-state index contributed by atoms with van der Waals surface area (Å²) in [6.07, 6.45) is 0.758. The van der Waals surface area contributed by atoms with Gasteiger partial charge in [0.15, 0.2) is 0 Å². The van der Waals surface area contributed by atoms with E-state index in [4.69, 9.17) is 5.26 Å². The number of hydrogen-bond donors (Lipinski definition) is 0. The predicted octanol–water partition coefficient (Wildman–Crippen LogP) is 3.15. The third kappa shape index (κ3) is 3.57. The van der Waals surface area contributed by atoms with Gasteiger partial charge in [0.25, 0.3) is 5.69 Å². The van der Waals surface area contributed by atoms with Gasteiger partial charge in [0.05, 0.1) is 16.2 Å². The van der Waals surface area contributed by atoms with E-state index >= 15 is 0 Å². The van der Waals surface area contributed by atoms with Crippen molar-refractivity contribution < 1.29 is 4.92 Å². The first-order valence-corrected chi connectivity index (χ1v) is 6.55. The van der Waals surface area contributed by atoms with Crippen LogP contribution in [0.3, 0.4) is 0 Å². The fourth-order valence-electron chi connectivity index (χ4n) is 2.10. The molecule has 0 aliphatic carbocycles. The van der Waals surface area contributed by atoms with Crippen molar-refractivity contribution in [1.82, 2.24) is 0 Å². The second-order valence-electron chi connectivity index (χ2n) is 4.72. The molecule has 0 unspecified atom stereocenters. The number of nitrogens with zero attached hydrogens (tertiary/aromatic N) is 3. The van der Waals surface area contributed by atoms with Crippen LogP contribution < -0.4 is 4.90 Å². The second-order valence-corrected chi connectivity index (χ2v) is 4.72. The number of non-ortho nitro benzene ring substituents is 1. The van der Waals surface area contributed by atoms with Gasteiger partial charge >= 0.3 is 0 Å². The van der Waals surface area contributed by atoms with Gasteiger partial charge in [0.1, 0.15) is 6.07 Å². The number of nitriles is 1. The maximum absolute atomic E-state index is 10.6. The molecule has 0 fully saturated rings. The highest BCUT2D eigenvalue weighted by molar-refractivity contribution is 5.58. The Morgan fingerprint density at radius 1 is 1.19 bits per heavy atom. The highest BCUT2D eigenvalue weighted by atomic mass is 16.6. The maximum atomic E-state index is 10.6. The molecule has 0 N–H and O–H groups in total. The number of rotatable bonds is 5. The molecule has 0 aliphatic heterocycles. The topological polar surface area (TPSA) is 70.2 Å². The van der Waals surface area contributed by atoms with Gasteiger partial charge in [0, 0.05) is 25.7 Å². The molecule has 0 saturated carbocycles. The minimum absolute atomic E-state index is 0.0990.